The first-order chi connectivity index (χ1) is 11.7. The van der Waals surface area contributed by atoms with Gasteiger partial charge in [0.05, 0.1) is 7.05 Å². The van der Waals surface area contributed by atoms with E-state index in [9.17, 15) is 0 Å². The van der Waals surface area contributed by atoms with Crippen molar-refractivity contribution in [1.82, 2.24) is 4.98 Å². The number of hydrogen-bond donors (Lipinski definition) is 0. The third-order valence-electron chi connectivity index (χ3n) is 4.29. The van der Waals surface area contributed by atoms with Crippen LogP contribution in [0.15, 0.2) is 67.0 Å². The van der Waals surface area contributed by atoms with Crippen LogP contribution in [0.1, 0.15) is 5.56 Å². The second kappa shape index (κ2) is 8.70. The Balaban J connectivity index is 0.00000121. The molecule has 0 amide bonds. The molecular formula is C22H17BN2Y-. The molecule has 0 aliphatic carbocycles. The fourth-order valence-electron chi connectivity index (χ4n) is 3.05. The van der Waals surface area contributed by atoms with E-state index in [1.54, 1.807) is 0 Å². The number of aromatic nitrogens is 2. The summed E-state index contributed by atoms with van der Waals surface area (Å²) in [5.74, 6) is 0. The van der Waals surface area contributed by atoms with E-state index in [0.29, 0.717) is 0 Å². The third-order valence-corrected chi connectivity index (χ3v) is 4.29. The van der Waals surface area contributed by atoms with Gasteiger partial charge in [0.1, 0.15) is 0 Å². The van der Waals surface area contributed by atoms with Crippen LogP contribution in [0.2, 0.25) is 0 Å². The summed E-state index contributed by atoms with van der Waals surface area (Å²) in [6, 6.07) is 27.4. The van der Waals surface area contributed by atoms with Crippen LogP contribution in [0, 0.1) is 19.1 Å². The van der Waals surface area contributed by atoms with E-state index in [1.807, 2.05) is 42.2 Å². The van der Waals surface area contributed by atoms with Crippen LogP contribution in [0.4, 0.5) is 0 Å². The molecule has 0 aliphatic rings. The van der Waals surface area contributed by atoms with Gasteiger partial charge < -0.3 is 0 Å². The Labute approximate surface area is 181 Å². The van der Waals surface area contributed by atoms with Gasteiger partial charge in [-0.3, -0.25) is 4.57 Å². The predicted molar refractivity (Wildman–Crippen MR) is 102 cm³/mol. The van der Waals surface area contributed by atoms with Crippen molar-refractivity contribution in [1.29, 1.82) is 0 Å². The smallest absolute Gasteiger partial charge is 0.257 e. The van der Waals surface area contributed by atoms with E-state index >= 15 is 0 Å². The minimum Gasteiger partial charge on any atom is -0.257 e. The number of fused-ring (bicyclic) bond motifs is 1. The normalized spacial score (nSPS) is 10.1. The molecule has 0 N–H and O–H groups in total. The van der Waals surface area contributed by atoms with Crippen LogP contribution < -0.4 is 4.57 Å². The van der Waals surface area contributed by atoms with Crippen molar-refractivity contribution in [3.63, 3.8) is 0 Å². The summed E-state index contributed by atoms with van der Waals surface area (Å²) >= 11 is 0. The summed E-state index contributed by atoms with van der Waals surface area (Å²) in [5.41, 5.74) is 5.24. The van der Waals surface area contributed by atoms with Crippen LogP contribution in [0.3, 0.4) is 0 Å². The van der Waals surface area contributed by atoms with Crippen molar-refractivity contribution in [2.45, 2.75) is 6.92 Å². The number of rotatable bonds is 2. The molecule has 2 nitrogen and oxygen atoms in total. The number of nitrogens with zero attached hydrogens (tertiary/aromatic N) is 2. The largest absolute Gasteiger partial charge is 0.272 e. The standard InChI is InChI=1S/C22H17N2.B.Y/c1-16-12-13-17-8-6-7-11-19(17)22(16)21-14-20(23-15-24(21)2)18-9-4-3-5-10-18;;/h3-9,11-13,15H,1-2H3;;/q-1;;. The molecule has 0 saturated carbocycles. The zero-order valence-electron chi connectivity index (χ0n) is 14.9. The quantitative estimate of drug-likeness (QED) is 0.279. The van der Waals surface area contributed by atoms with E-state index in [1.165, 1.54) is 21.9 Å². The van der Waals surface area contributed by atoms with Gasteiger partial charge in [0.25, 0.3) is 6.33 Å². The van der Waals surface area contributed by atoms with E-state index in [-0.39, 0.29) is 41.1 Å². The third kappa shape index (κ3) is 3.79. The van der Waals surface area contributed by atoms with Gasteiger partial charge in [-0.1, -0.05) is 59.8 Å². The Morgan fingerprint density at radius 2 is 1.73 bits per heavy atom. The molecule has 3 aromatic carbocycles. The predicted octanol–water partition coefficient (Wildman–Crippen LogP) is 3.92. The van der Waals surface area contributed by atoms with E-state index < -0.39 is 0 Å². The summed E-state index contributed by atoms with van der Waals surface area (Å²) in [5, 5.41) is 2.47. The first kappa shape index (κ1) is 20.5. The summed E-state index contributed by atoms with van der Waals surface area (Å²) in [4.78, 5) is 4.52. The summed E-state index contributed by atoms with van der Waals surface area (Å²) in [6.07, 6.45) is 1.85. The topological polar surface area (TPSA) is 16.8 Å². The molecular weight excluding hydrogens is 392 g/mol. The van der Waals surface area contributed by atoms with Gasteiger partial charge in [-0.15, -0.1) is 17.1 Å². The van der Waals surface area contributed by atoms with Crippen LogP contribution in [0.5, 0.6) is 0 Å². The first-order valence-corrected chi connectivity index (χ1v) is 7.98. The Morgan fingerprint density at radius 3 is 2.50 bits per heavy atom. The van der Waals surface area contributed by atoms with E-state index in [0.717, 1.165) is 17.0 Å². The summed E-state index contributed by atoms with van der Waals surface area (Å²) in [7, 11) is 2.01. The van der Waals surface area contributed by atoms with Gasteiger partial charge in [-0.05, 0) is 11.1 Å². The fraction of sp³-hybridized carbons (Fsp3) is 0.0909. The minimum absolute atomic E-state index is 0. The molecule has 0 bridgehead atoms. The average Bonchev–Trinajstić information content (AvgIpc) is 2.63. The van der Waals surface area contributed by atoms with Gasteiger partial charge in [0.2, 0.25) is 0 Å². The SMILES string of the molecule is Cc1ccc2ccccc2c1-c1[c-]c(-c2[c-]cccc2)nc[n+]1C.[B].[Y]. The number of hydrogen-bond acceptors (Lipinski definition) is 1. The molecule has 1 heterocycles. The van der Waals surface area contributed by atoms with Crippen molar-refractivity contribution in [3.8, 4) is 22.5 Å². The minimum atomic E-state index is 0. The van der Waals surface area contributed by atoms with Crippen LogP contribution in [0.25, 0.3) is 33.3 Å². The Kier molecular flexibility index (Phi) is 6.86. The molecule has 0 aliphatic heterocycles. The van der Waals surface area contributed by atoms with E-state index in [2.05, 4.69) is 60.4 Å². The second-order valence-corrected chi connectivity index (χ2v) is 5.93. The molecule has 0 atom stereocenters. The molecule has 0 unspecified atom stereocenters. The maximum Gasteiger partial charge on any atom is 0.272 e. The molecule has 0 fully saturated rings. The molecule has 1 aromatic heterocycles. The molecule has 4 aromatic rings. The molecule has 0 saturated heterocycles. The van der Waals surface area contributed by atoms with Crippen LogP contribution >= 0.6 is 0 Å². The molecule has 4 rings (SSSR count). The average molecular weight is 409 g/mol. The van der Waals surface area contributed by atoms with Crippen molar-refractivity contribution in [2.75, 3.05) is 0 Å². The van der Waals surface area contributed by atoms with Crippen molar-refractivity contribution in [2.24, 2.45) is 7.05 Å². The molecule has 122 valence electrons. The number of benzene rings is 3. The van der Waals surface area contributed by atoms with Gasteiger partial charge in [0.15, 0.2) is 0 Å². The van der Waals surface area contributed by atoms with Gasteiger partial charge in [-0.25, -0.2) is 11.6 Å². The maximum absolute atomic E-state index is 4.52. The Morgan fingerprint density at radius 1 is 0.962 bits per heavy atom. The van der Waals surface area contributed by atoms with Gasteiger partial charge in [0, 0.05) is 46.8 Å². The fourth-order valence-corrected chi connectivity index (χ4v) is 3.05. The summed E-state index contributed by atoms with van der Waals surface area (Å²) in [6.45, 7) is 2.14. The van der Waals surface area contributed by atoms with Gasteiger partial charge >= 0.3 is 0 Å². The van der Waals surface area contributed by atoms with Crippen molar-refractivity contribution < 1.29 is 37.3 Å². The molecule has 26 heavy (non-hydrogen) atoms. The van der Waals surface area contributed by atoms with Gasteiger partial charge in [-0.2, -0.15) is 18.2 Å². The molecule has 4 radical (unpaired) electrons. The summed E-state index contributed by atoms with van der Waals surface area (Å²) < 4.78 is 2.03. The van der Waals surface area contributed by atoms with Crippen LogP contribution in [-0.2, 0) is 39.8 Å². The molecule has 4 heteroatoms. The Hall–Kier alpha value is -1.83. The van der Waals surface area contributed by atoms with E-state index in [4.69, 9.17) is 0 Å². The Bertz CT molecular complexity index is 1030. The van der Waals surface area contributed by atoms with Crippen molar-refractivity contribution >= 4 is 19.2 Å². The zero-order chi connectivity index (χ0) is 16.5. The first-order valence-electron chi connectivity index (χ1n) is 7.98. The zero-order valence-corrected chi connectivity index (χ0v) is 17.7. The molecule has 0 spiro atoms. The van der Waals surface area contributed by atoms with Crippen LogP contribution in [-0.4, -0.2) is 13.4 Å². The second-order valence-electron chi connectivity index (χ2n) is 5.93. The number of aryl methyl sites for hydroxylation is 2. The maximum atomic E-state index is 4.52. The van der Waals surface area contributed by atoms with Crippen molar-refractivity contribution in [3.05, 3.63) is 84.7 Å². The monoisotopic (exact) mass is 409 g/mol.